The molecule has 0 aromatic heterocycles. The van der Waals surface area contributed by atoms with Crippen LogP contribution in [0, 0.1) is 5.92 Å². The van der Waals surface area contributed by atoms with Crippen molar-refractivity contribution in [2.45, 2.75) is 58.1 Å². The summed E-state index contributed by atoms with van der Waals surface area (Å²) in [5.41, 5.74) is 0. The van der Waals surface area contributed by atoms with Crippen LogP contribution in [-0.4, -0.2) is 52.0 Å². The van der Waals surface area contributed by atoms with Gasteiger partial charge in [0.1, 0.15) is 0 Å². The lowest BCUT2D eigenvalue weighted by atomic mass is 9.98. The molecule has 0 aromatic carbocycles. The van der Waals surface area contributed by atoms with Crippen molar-refractivity contribution in [3.05, 3.63) is 0 Å². The third-order valence-corrected chi connectivity index (χ3v) is 4.05. The Morgan fingerprint density at radius 2 is 2.05 bits per heavy atom. The van der Waals surface area contributed by atoms with Crippen LogP contribution in [0.2, 0.25) is 0 Å². The summed E-state index contributed by atoms with van der Waals surface area (Å²) in [7, 11) is 3.51. The first-order chi connectivity index (χ1) is 10.2. The molecule has 0 bridgehead atoms. The molecule has 0 heterocycles. The molecule has 1 aliphatic rings. The second-order valence-corrected chi connectivity index (χ2v) is 5.83. The lowest BCUT2D eigenvalue weighted by Gasteiger charge is -2.24. The van der Waals surface area contributed by atoms with Crippen LogP contribution >= 0.6 is 0 Å². The van der Waals surface area contributed by atoms with E-state index in [1.807, 2.05) is 0 Å². The highest BCUT2D eigenvalue weighted by molar-refractivity contribution is 5.79. The molecule has 1 aliphatic carbocycles. The van der Waals surface area contributed by atoms with Crippen molar-refractivity contribution < 1.29 is 9.47 Å². The molecule has 2 N–H and O–H groups in total. The minimum Gasteiger partial charge on any atom is -0.383 e. The number of hydrogen-bond acceptors (Lipinski definition) is 3. The van der Waals surface area contributed by atoms with Gasteiger partial charge in [0.05, 0.1) is 12.7 Å². The largest absolute Gasteiger partial charge is 0.383 e. The van der Waals surface area contributed by atoms with Crippen molar-refractivity contribution in [3.8, 4) is 0 Å². The maximum Gasteiger partial charge on any atom is 0.191 e. The standard InChI is InChI=1S/C16H33N3O2/c1-5-21-15(14-8-6-7-9-14)10-11-18-16(17-3)19-13(2)12-20-4/h13-15H,5-12H2,1-4H3,(H2,17,18,19). The molecule has 0 saturated heterocycles. The van der Waals surface area contributed by atoms with E-state index in [1.165, 1.54) is 25.7 Å². The van der Waals surface area contributed by atoms with E-state index in [2.05, 4.69) is 29.5 Å². The number of ether oxygens (including phenoxy) is 2. The van der Waals surface area contributed by atoms with Gasteiger partial charge in [-0.2, -0.15) is 0 Å². The number of rotatable bonds is 9. The molecule has 0 aliphatic heterocycles. The summed E-state index contributed by atoms with van der Waals surface area (Å²) in [6.07, 6.45) is 6.79. The maximum absolute atomic E-state index is 5.94. The van der Waals surface area contributed by atoms with E-state index in [0.29, 0.717) is 12.7 Å². The van der Waals surface area contributed by atoms with E-state index < -0.39 is 0 Å². The molecule has 0 aromatic rings. The van der Waals surface area contributed by atoms with Gasteiger partial charge < -0.3 is 20.1 Å². The fourth-order valence-electron chi connectivity index (χ4n) is 3.05. The predicted octanol–water partition coefficient (Wildman–Crippen LogP) is 2.17. The zero-order valence-electron chi connectivity index (χ0n) is 14.2. The third-order valence-electron chi connectivity index (χ3n) is 4.05. The molecule has 21 heavy (non-hydrogen) atoms. The van der Waals surface area contributed by atoms with Crippen LogP contribution < -0.4 is 10.6 Å². The fraction of sp³-hybridized carbons (Fsp3) is 0.938. The summed E-state index contributed by atoms with van der Waals surface area (Å²) in [5, 5.41) is 6.69. The van der Waals surface area contributed by atoms with Crippen LogP contribution in [0.3, 0.4) is 0 Å². The minimum absolute atomic E-state index is 0.249. The molecule has 1 rings (SSSR count). The van der Waals surface area contributed by atoms with Gasteiger partial charge in [-0.3, -0.25) is 4.99 Å². The highest BCUT2D eigenvalue weighted by Crippen LogP contribution is 2.30. The first-order valence-electron chi connectivity index (χ1n) is 8.29. The number of hydrogen-bond donors (Lipinski definition) is 2. The Labute approximate surface area is 129 Å². The first-order valence-corrected chi connectivity index (χ1v) is 8.29. The van der Waals surface area contributed by atoms with E-state index >= 15 is 0 Å². The van der Waals surface area contributed by atoms with Crippen molar-refractivity contribution in [2.75, 3.05) is 33.9 Å². The van der Waals surface area contributed by atoms with Gasteiger partial charge in [-0.25, -0.2) is 0 Å². The van der Waals surface area contributed by atoms with Crippen molar-refractivity contribution >= 4 is 5.96 Å². The average molecular weight is 299 g/mol. The Kier molecular flexibility index (Phi) is 9.42. The molecule has 0 amide bonds. The van der Waals surface area contributed by atoms with Crippen LogP contribution in [0.15, 0.2) is 4.99 Å². The van der Waals surface area contributed by atoms with Crippen LogP contribution in [-0.2, 0) is 9.47 Å². The van der Waals surface area contributed by atoms with Gasteiger partial charge in [0, 0.05) is 33.4 Å². The van der Waals surface area contributed by atoms with Gasteiger partial charge in [0.2, 0.25) is 0 Å². The molecule has 124 valence electrons. The average Bonchev–Trinajstić information content (AvgIpc) is 2.99. The summed E-state index contributed by atoms with van der Waals surface area (Å²) in [5.74, 6) is 1.58. The van der Waals surface area contributed by atoms with Crippen molar-refractivity contribution in [1.82, 2.24) is 10.6 Å². The highest BCUT2D eigenvalue weighted by atomic mass is 16.5. The van der Waals surface area contributed by atoms with Gasteiger partial charge >= 0.3 is 0 Å². The normalized spacial score (nSPS) is 19.5. The molecule has 1 saturated carbocycles. The molecule has 5 heteroatoms. The summed E-state index contributed by atoms with van der Waals surface area (Å²) in [6.45, 7) is 6.53. The van der Waals surface area contributed by atoms with E-state index in [1.54, 1.807) is 14.2 Å². The van der Waals surface area contributed by atoms with Crippen LogP contribution in [0.5, 0.6) is 0 Å². The number of nitrogens with one attached hydrogen (secondary N) is 2. The van der Waals surface area contributed by atoms with Gasteiger partial charge in [0.15, 0.2) is 5.96 Å². The van der Waals surface area contributed by atoms with Crippen LogP contribution in [0.4, 0.5) is 0 Å². The maximum atomic E-state index is 5.94. The lowest BCUT2D eigenvalue weighted by Crippen LogP contribution is -2.44. The summed E-state index contributed by atoms with van der Waals surface area (Å²) >= 11 is 0. The first kappa shape index (κ1) is 18.2. The molecular formula is C16H33N3O2. The Bertz CT molecular complexity index is 291. The van der Waals surface area contributed by atoms with E-state index in [9.17, 15) is 0 Å². The monoisotopic (exact) mass is 299 g/mol. The SMILES string of the molecule is CCOC(CCNC(=NC)NC(C)COC)C1CCCC1. The quantitative estimate of drug-likeness (QED) is 0.506. The number of aliphatic imine (C=N–C) groups is 1. The zero-order valence-corrected chi connectivity index (χ0v) is 14.2. The molecule has 2 atom stereocenters. The van der Waals surface area contributed by atoms with Gasteiger partial charge in [-0.05, 0) is 39.0 Å². The van der Waals surface area contributed by atoms with Crippen molar-refractivity contribution in [2.24, 2.45) is 10.9 Å². The highest BCUT2D eigenvalue weighted by Gasteiger charge is 2.25. The number of guanidine groups is 1. The number of methoxy groups -OCH3 is 1. The second-order valence-electron chi connectivity index (χ2n) is 5.83. The molecule has 2 unspecified atom stereocenters. The molecule has 1 fully saturated rings. The van der Waals surface area contributed by atoms with Gasteiger partial charge in [0.25, 0.3) is 0 Å². The summed E-state index contributed by atoms with van der Waals surface area (Å²) in [6, 6.07) is 0.249. The summed E-state index contributed by atoms with van der Waals surface area (Å²) in [4.78, 5) is 4.25. The van der Waals surface area contributed by atoms with E-state index in [-0.39, 0.29) is 6.04 Å². The molecule has 0 spiro atoms. The van der Waals surface area contributed by atoms with Crippen molar-refractivity contribution in [1.29, 1.82) is 0 Å². The van der Waals surface area contributed by atoms with E-state index in [0.717, 1.165) is 31.4 Å². The van der Waals surface area contributed by atoms with Crippen LogP contribution in [0.25, 0.3) is 0 Å². The molecule has 0 radical (unpaired) electrons. The minimum atomic E-state index is 0.249. The third kappa shape index (κ3) is 7.14. The smallest absolute Gasteiger partial charge is 0.191 e. The summed E-state index contributed by atoms with van der Waals surface area (Å²) < 4.78 is 11.1. The Morgan fingerprint density at radius 3 is 2.62 bits per heavy atom. The number of nitrogens with zero attached hydrogens (tertiary/aromatic N) is 1. The Morgan fingerprint density at radius 1 is 1.33 bits per heavy atom. The predicted molar refractivity (Wildman–Crippen MR) is 87.8 cm³/mol. The molecular weight excluding hydrogens is 266 g/mol. The Hall–Kier alpha value is -0.810. The fourth-order valence-corrected chi connectivity index (χ4v) is 3.05. The molecule has 5 nitrogen and oxygen atoms in total. The van der Waals surface area contributed by atoms with Crippen molar-refractivity contribution in [3.63, 3.8) is 0 Å². The second kappa shape index (κ2) is 10.9. The topological polar surface area (TPSA) is 54.9 Å². The van der Waals surface area contributed by atoms with Crippen LogP contribution in [0.1, 0.15) is 46.0 Å². The zero-order chi connectivity index (χ0) is 15.5. The Balaban J connectivity index is 2.30. The lowest BCUT2D eigenvalue weighted by molar-refractivity contribution is 0.0169. The van der Waals surface area contributed by atoms with E-state index in [4.69, 9.17) is 9.47 Å². The van der Waals surface area contributed by atoms with Gasteiger partial charge in [-0.1, -0.05) is 12.8 Å². The van der Waals surface area contributed by atoms with Gasteiger partial charge in [-0.15, -0.1) is 0 Å².